The Morgan fingerprint density at radius 2 is 1.71 bits per heavy atom. The number of carbonyl (C=O) groups excluding carboxylic acids is 2. The zero-order valence-corrected chi connectivity index (χ0v) is 23.6. The summed E-state index contributed by atoms with van der Waals surface area (Å²) in [6.45, 7) is 7.12. The molecule has 2 fully saturated rings. The average Bonchev–Trinajstić information content (AvgIpc) is 3.41. The Morgan fingerprint density at radius 3 is 2.37 bits per heavy atom. The molecule has 0 radical (unpaired) electrons. The van der Waals surface area contributed by atoms with Gasteiger partial charge in [-0.3, -0.25) is 4.79 Å². The van der Waals surface area contributed by atoms with Gasteiger partial charge in [0, 0.05) is 23.0 Å². The molecule has 5 rings (SSSR count). The number of fused-ring (bicyclic) bond motifs is 2. The third-order valence-electron chi connectivity index (χ3n) is 7.50. The molecular formula is C29H32N2O5S2. The van der Waals surface area contributed by atoms with E-state index in [9.17, 15) is 18.0 Å². The van der Waals surface area contributed by atoms with E-state index >= 15 is 0 Å². The maximum Gasteiger partial charge on any atom is 0.350 e. The second kappa shape index (κ2) is 9.63. The van der Waals surface area contributed by atoms with Crippen LogP contribution in [0, 0.1) is 10.8 Å². The fourth-order valence-electron chi connectivity index (χ4n) is 6.27. The summed E-state index contributed by atoms with van der Waals surface area (Å²) >= 11 is 1.24. The van der Waals surface area contributed by atoms with Crippen molar-refractivity contribution in [1.29, 1.82) is 0 Å². The van der Waals surface area contributed by atoms with Crippen molar-refractivity contribution in [3.63, 3.8) is 0 Å². The zero-order valence-electron chi connectivity index (χ0n) is 22.0. The molecule has 38 heavy (non-hydrogen) atoms. The molecule has 1 saturated heterocycles. The minimum atomic E-state index is -3.69. The first kappa shape index (κ1) is 26.6. The van der Waals surface area contributed by atoms with Crippen LogP contribution in [0.25, 0.3) is 10.4 Å². The van der Waals surface area contributed by atoms with Crippen molar-refractivity contribution in [2.45, 2.75) is 51.0 Å². The number of rotatable bonds is 6. The van der Waals surface area contributed by atoms with Gasteiger partial charge in [0.1, 0.15) is 4.88 Å². The molecule has 1 amide bonds. The van der Waals surface area contributed by atoms with Crippen LogP contribution in [0.4, 0.5) is 5.69 Å². The van der Waals surface area contributed by atoms with E-state index < -0.39 is 21.9 Å². The maximum absolute atomic E-state index is 13.6. The molecule has 2 aliphatic rings. The molecule has 1 N–H and O–H groups in total. The van der Waals surface area contributed by atoms with E-state index in [0.717, 1.165) is 29.7 Å². The van der Waals surface area contributed by atoms with Crippen LogP contribution >= 0.6 is 11.3 Å². The minimum Gasteiger partial charge on any atom is -0.465 e. The summed E-state index contributed by atoms with van der Waals surface area (Å²) in [5.74, 6) is -0.982. The smallest absolute Gasteiger partial charge is 0.350 e. The number of nitrogens with one attached hydrogen (secondary N) is 1. The molecule has 1 saturated carbocycles. The molecule has 1 aromatic heterocycles. The van der Waals surface area contributed by atoms with Crippen LogP contribution in [0.5, 0.6) is 0 Å². The predicted molar refractivity (Wildman–Crippen MR) is 149 cm³/mol. The molecule has 2 bridgehead atoms. The fourth-order valence-corrected chi connectivity index (χ4v) is 9.08. The Kier molecular flexibility index (Phi) is 6.74. The van der Waals surface area contributed by atoms with Crippen molar-refractivity contribution >= 4 is 38.9 Å². The fraction of sp³-hybridized carbons (Fsp3) is 0.379. The monoisotopic (exact) mass is 552 g/mol. The van der Waals surface area contributed by atoms with E-state index in [1.165, 1.54) is 42.7 Å². The van der Waals surface area contributed by atoms with Crippen LogP contribution in [-0.4, -0.2) is 44.3 Å². The molecule has 0 spiro atoms. The third kappa shape index (κ3) is 5.02. The molecule has 1 aliphatic heterocycles. The molecule has 7 nitrogen and oxygen atoms in total. The van der Waals surface area contributed by atoms with E-state index in [-0.39, 0.29) is 26.6 Å². The molecular weight excluding hydrogens is 520 g/mol. The molecule has 2 aromatic carbocycles. The van der Waals surface area contributed by atoms with Gasteiger partial charge in [-0.25, -0.2) is 13.2 Å². The second-order valence-corrected chi connectivity index (χ2v) is 14.4. The summed E-state index contributed by atoms with van der Waals surface area (Å²) in [6, 6.07) is 17.3. The average molecular weight is 553 g/mol. The highest BCUT2D eigenvalue weighted by Crippen LogP contribution is 2.53. The summed E-state index contributed by atoms with van der Waals surface area (Å²) in [5, 5.41) is 2.80. The van der Waals surface area contributed by atoms with Gasteiger partial charge in [0.05, 0.1) is 17.7 Å². The second-order valence-electron chi connectivity index (χ2n) is 11.5. The van der Waals surface area contributed by atoms with E-state index in [1.54, 1.807) is 10.4 Å². The largest absolute Gasteiger partial charge is 0.465 e. The summed E-state index contributed by atoms with van der Waals surface area (Å²) < 4.78 is 33.7. The Morgan fingerprint density at radius 1 is 1.03 bits per heavy atom. The number of amides is 1. The van der Waals surface area contributed by atoms with Gasteiger partial charge in [0.15, 0.2) is 0 Å². The topological polar surface area (TPSA) is 92.8 Å². The zero-order chi connectivity index (χ0) is 27.3. The highest BCUT2D eigenvalue weighted by Gasteiger charge is 2.53. The third-order valence-corrected chi connectivity index (χ3v) is 10.6. The summed E-state index contributed by atoms with van der Waals surface area (Å²) in [7, 11) is -2.39. The summed E-state index contributed by atoms with van der Waals surface area (Å²) in [5.41, 5.74) is 1.65. The van der Waals surface area contributed by atoms with Gasteiger partial charge in [-0.15, -0.1) is 11.3 Å². The van der Waals surface area contributed by atoms with Crippen molar-refractivity contribution in [2.75, 3.05) is 19.0 Å². The first-order valence-electron chi connectivity index (χ1n) is 12.6. The quantitative estimate of drug-likeness (QED) is 0.376. The van der Waals surface area contributed by atoms with Crippen LogP contribution in [0.1, 0.15) is 60.1 Å². The van der Waals surface area contributed by atoms with Gasteiger partial charge < -0.3 is 10.1 Å². The Labute approximate surface area is 227 Å². The van der Waals surface area contributed by atoms with Crippen molar-refractivity contribution in [1.82, 2.24) is 4.31 Å². The van der Waals surface area contributed by atoms with Crippen LogP contribution in [0.2, 0.25) is 0 Å². The van der Waals surface area contributed by atoms with E-state index in [0.29, 0.717) is 17.8 Å². The van der Waals surface area contributed by atoms with Crippen LogP contribution < -0.4 is 5.32 Å². The molecule has 200 valence electrons. The first-order valence-corrected chi connectivity index (χ1v) is 14.9. The number of benzene rings is 2. The highest BCUT2D eigenvalue weighted by atomic mass is 32.2. The number of carbonyl (C=O) groups is 2. The Hall–Kier alpha value is -3.01. The standard InChI is InChI=1S/C29H32N2O5S2/c1-28(2)15-21-16-29(3,17-28)18-31(21)38(34,35)22-12-10-20(11-13-22)26(32)30-23-14-24(19-8-6-5-7-9-19)37-25(23)27(33)36-4/h5-14,21H,15-18H2,1-4H3,(H,30,32)/t21-,29+/m1/s1. The van der Waals surface area contributed by atoms with Gasteiger partial charge in [-0.2, -0.15) is 4.31 Å². The van der Waals surface area contributed by atoms with Crippen molar-refractivity contribution in [3.05, 3.63) is 71.1 Å². The lowest BCUT2D eigenvalue weighted by atomic mass is 9.65. The number of sulfonamides is 1. The van der Waals surface area contributed by atoms with Gasteiger partial charge in [-0.1, -0.05) is 51.1 Å². The van der Waals surface area contributed by atoms with E-state index in [1.807, 2.05) is 30.3 Å². The summed E-state index contributed by atoms with van der Waals surface area (Å²) in [6.07, 6.45) is 2.73. The van der Waals surface area contributed by atoms with E-state index in [2.05, 4.69) is 26.1 Å². The Bertz CT molecular complexity index is 1480. The van der Waals surface area contributed by atoms with Gasteiger partial charge in [-0.05, 0) is 66.0 Å². The lowest BCUT2D eigenvalue weighted by Gasteiger charge is -2.39. The van der Waals surface area contributed by atoms with Crippen molar-refractivity contribution in [2.24, 2.45) is 10.8 Å². The summed E-state index contributed by atoms with van der Waals surface area (Å²) in [4.78, 5) is 26.8. The minimum absolute atomic E-state index is 0.00845. The number of anilines is 1. The molecule has 2 atom stereocenters. The molecule has 1 aliphatic carbocycles. The van der Waals surface area contributed by atoms with Gasteiger partial charge in [0.25, 0.3) is 5.91 Å². The van der Waals surface area contributed by atoms with Gasteiger partial charge >= 0.3 is 5.97 Å². The molecule has 9 heteroatoms. The number of hydrogen-bond donors (Lipinski definition) is 1. The number of methoxy groups -OCH3 is 1. The number of esters is 1. The Balaban J connectivity index is 1.36. The number of nitrogens with zero attached hydrogens (tertiary/aromatic N) is 1. The molecule has 0 unspecified atom stereocenters. The number of ether oxygens (including phenoxy) is 1. The van der Waals surface area contributed by atoms with Crippen LogP contribution in [0.3, 0.4) is 0 Å². The van der Waals surface area contributed by atoms with Crippen molar-refractivity contribution in [3.8, 4) is 10.4 Å². The van der Waals surface area contributed by atoms with E-state index in [4.69, 9.17) is 4.74 Å². The normalized spacial score (nSPS) is 22.7. The lowest BCUT2D eigenvalue weighted by Crippen LogP contribution is -2.37. The SMILES string of the molecule is COC(=O)c1sc(-c2ccccc2)cc1NC(=O)c1ccc(S(=O)(=O)N2C[C@@]3(C)C[C@H]2CC(C)(C)C3)cc1. The van der Waals surface area contributed by atoms with Crippen LogP contribution in [0.15, 0.2) is 65.6 Å². The maximum atomic E-state index is 13.6. The first-order chi connectivity index (χ1) is 17.9. The van der Waals surface area contributed by atoms with Crippen molar-refractivity contribution < 1.29 is 22.7 Å². The van der Waals surface area contributed by atoms with Gasteiger partial charge in [0.2, 0.25) is 10.0 Å². The number of hydrogen-bond acceptors (Lipinski definition) is 6. The highest BCUT2D eigenvalue weighted by molar-refractivity contribution is 7.89. The molecule has 2 heterocycles. The number of thiophene rings is 1. The predicted octanol–water partition coefficient (Wildman–Crippen LogP) is 6.04. The molecule has 3 aromatic rings. The lowest BCUT2D eigenvalue weighted by molar-refractivity contribution is 0.0607. The van der Waals surface area contributed by atoms with Crippen LogP contribution in [-0.2, 0) is 14.8 Å².